The van der Waals surface area contributed by atoms with Gasteiger partial charge in [0.05, 0.1) is 24.5 Å². The maximum absolute atomic E-state index is 12.6. The predicted molar refractivity (Wildman–Crippen MR) is 112 cm³/mol. The summed E-state index contributed by atoms with van der Waals surface area (Å²) in [5.74, 6) is 0.348. The van der Waals surface area contributed by atoms with Crippen LogP contribution in [0.1, 0.15) is 31.0 Å². The fraction of sp³-hybridized carbons (Fsp3) is 0.304. The van der Waals surface area contributed by atoms with Gasteiger partial charge in [-0.15, -0.1) is 0 Å². The van der Waals surface area contributed by atoms with E-state index in [0.29, 0.717) is 19.0 Å². The summed E-state index contributed by atoms with van der Waals surface area (Å²) in [4.78, 5) is 14.6. The van der Waals surface area contributed by atoms with E-state index in [0.717, 1.165) is 16.8 Å². The van der Waals surface area contributed by atoms with E-state index in [9.17, 15) is 4.79 Å². The number of nitrogens with one attached hydrogen (secondary N) is 1. The second-order valence-electron chi connectivity index (χ2n) is 7.50. The zero-order chi connectivity index (χ0) is 19.9. The highest BCUT2D eigenvalue weighted by Crippen LogP contribution is 2.21. The Morgan fingerprint density at radius 1 is 1.07 bits per heavy atom. The SMILES string of the molecule is CC(C)C(NC(=O)CN(C)Cc1cnn(-c2ccccc2)c1)c1ccccc1. The number of para-hydroxylation sites is 1. The molecule has 28 heavy (non-hydrogen) atoms. The van der Waals surface area contributed by atoms with Crippen molar-refractivity contribution in [2.24, 2.45) is 5.92 Å². The molecule has 1 amide bonds. The molecule has 0 saturated carbocycles. The number of likely N-dealkylation sites (N-methyl/N-ethyl adjacent to an activating group) is 1. The van der Waals surface area contributed by atoms with Crippen molar-refractivity contribution in [2.45, 2.75) is 26.4 Å². The van der Waals surface area contributed by atoms with Gasteiger partial charge in [-0.3, -0.25) is 9.69 Å². The summed E-state index contributed by atoms with van der Waals surface area (Å²) in [5, 5.41) is 7.60. The molecular weight excluding hydrogens is 348 g/mol. The summed E-state index contributed by atoms with van der Waals surface area (Å²) < 4.78 is 1.85. The average molecular weight is 377 g/mol. The summed E-state index contributed by atoms with van der Waals surface area (Å²) >= 11 is 0. The van der Waals surface area contributed by atoms with Crippen molar-refractivity contribution in [3.05, 3.63) is 84.2 Å². The van der Waals surface area contributed by atoms with E-state index in [1.165, 1.54) is 0 Å². The van der Waals surface area contributed by atoms with Crippen LogP contribution in [0.2, 0.25) is 0 Å². The van der Waals surface area contributed by atoms with Crippen LogP contribution in [0.5, 0.6) is 0 Å². The van der Waals surface area contributed by atoms with Gasteiger partial charge in [-0.05, 0) is 30.7 Å². The van der Waals surface area contributed by atoms with Gasteiger partial charge in [0.25, 0.3) is 0 Å². The first kappa shape index (κ1) is 19.8. The van der Waals surface area contributed by atoms with Gasteiger partial charge in [-0.25, -0.2) is 4.68 Å². The minimum Gasteiger partial charge on any atom is -0.348 e. The summed E-state index contributed by atoms with van der Waals surface area (Å²) in [5.41, 5.74) is 3.23. The van der Waals surface area contributed by atoms with Crippen molar-refractivity contribution in [2.75, 3.05) is 13.6 Å². The van der Waals surface area contributed by atoms with Crippen LogP contribution in [0.3, 0.4) is 0 Å². The molecule has 146 valence electrons. The molecule has 0 spiro atoms. The average Bonchev–Trinajstić information content (AvgIpc) is 3.15. The molecule has 0 saturated heterocycles. The first-order valence-electron chi connectivity index (χ1n) is 9.65. The van der Waals surface area contributed by atoms with Crippen LogP contribution >= 0.6 is 0 Å². The first-order chi connectivity index (χ1) is 13.5. The summed E-state index contributed by atoms with van der Waals surface area (Å²) in [6, 6.07) is 20.2. The summed E-state index contributed by atoms with van der Waals surface area (Å²) in [7, 11) is 1.95. The molecule has 1 heterocycles. The third kappa shape index (κ3) is 5.30. The van der Waals surface area contributed by atoms with E-state index < -0.39 is 0 Å². The summed E-state index contributed by atoms with van der Waals surface area (Å²) in [6.07, 6.45) is 3.85. The number of rotatable bonds is 8. The van der Waals surface area contributed by atoms with Gasteiger partial charge in [0.1, 0.15) is 0 Å². The van der Waals surface area contributed by atoms with Gasteiger partial charge in [-0.1, -0.05) is 62.4 Å². The highest BCUT2D eigenvalue weighted by Gasteiger charge is 2.19. The Morgan fingerprint density at radius 3 is 2.36 bits per heavy atom. The molecule has 0 bridgehead atoms. The van der Waals surface area contributed by atoms with Crippen molar-refractivity contribution in [3.63, 3.8) is 0 Å². The Bertz CT molecular complexity index is 874. The molecule has 0 radical (unpaired) electrons. The molecule has 1 N–H and O–H groups in total. The normalized spacial score (nSPS) is 12.3. The minimum atomic E-state index is 0.0166. The number of benzene rings is 2. The van der Waals surface area contributed by atoms with Crippen LogP contribution in [-0.4, -0.2) is 34.2 Å². The fourth-order valence-corrected chi connectivity index (χ4v) is 3.29. The molecular formula is C23H28N4O. The van der Waals surface area contributed by atoms with Crippen LogP contribution in [0.25, 0.3) is 5.69 Å². The van der Waals surface area contributed by atoms with Crippen molar-refractivity contribution in [3.8, 4) is 5.69 Å². The smallest absolute Gasteiger partial charge is 0.234 e. The Labute approximate surface area is 167 Å². The Balaban J connectivity index is 1.56. The Morgan fingerprint density at radius 2 is 1.71 bits per heavy atom. The number of hydrogen-bond donors (Lipinski definition) is 1. The van der Waals surface area contributed by atoms with Gasteiger partial charge < -0.3 is 5.32 Å². The van der Waals surface area contributed by atoms with Crippen molar-refractivity contribution < 1.29 is 4.79 Å². The third-order valence-electron chi connectivity index (χ3n) is 4.66. The highest BCUT2D eigenvalue weighted by atomic mass is 16.2. The molecule has 1 aromatic heterocycles. The molecule has 5 heteroatoms. The first-order valence-corrected chi connectivity index (χ1v) is 9.65. The van der Waals surface area contributed by atoms with Gasteiger partial charge >= 0.3 is 0 Å². The quantitative estimate of drug-likeness (QED) is 0.650. The van der Waals surface area contributed by atoms with Crippen molar-refractivity contribution in [1.82, 2.24) is 20.0 Å². The Kier molecular flexibility index (Phi) is 6.61. The number of hydrogen-bond acceptors (Lipinski definition) is 3. The van der Waals surface area contributed by atoms with Gasteiger partial charge in [0, 0.05) is 18.3 Å². The van der Waals surface area contributed by atoms with E-state index in [-0.39, 0.29) is 11.9 Å². The second-order valence-corrected chi connectivity index (χ2v) is 7.50. The molecule has 0 aliphatic heterocycles. The minimum absolute atomic E-state index is 0.0166. The van der Waals surface area contributed by atoms with Gasteiger partial charge in [0.15, 0.2) is 0 Å². The fourth-order valence-electron chi connectivity index (χ4n) is 3.29. The van der Waals surface area contributed by atoms with Crippen LogP contribution in [-0.2, 0) is 11.3 Å². The largest absolute Gasteiger partial charge is 0.348 e. The molecule has 2 aromatic carbocycles. The van der Waals surface area contributed by atoms with Crippen LogP contribution in [0.15, 0.2) is 73.1 Å². The van der Waals surface area contributed by atoms with E-state index in [2.05, 4.69) is 36.4 Å². The lowest BCUT2D eigenvalue weighted by Gasteiger charge is -2.24. The van der Waals surface area contributed by atoms with Crippen molar-refractivity contribution >= 4 is 5.91 Å². The summed E-state index contributed by atoms with van der Waals surface area (Å²) in [6.45, 7) is 5.25. The molecule has 3 rings (SSSR count). The molecule has 3 aromatic rings. The zero-order valence-corrected chi connectivity index (χ0v) is 16.7. The second kappa shape index (κ2) is 9.33. The third-order valence-corrected chi connectivity index (χ3v) is 4.66. The topological polar surface area (TPSA) is 50.2 Å². The lowest BCUT2D eigenvalue weighted by molar-refractivity contribution is -0.123. The monoisotopic (exact) mass is 376 g/mol. The molecule has 1 atom stereocenters. The number of nitrogens with zero attached hydrogens (tertiary/aromatic N) is 3. The number of amides is 1. The predicted octanol–water partition coefficient (Wildman–Crippen LogP) is 3.82. The number of carbonyl (C=O) groups is 1. The van der Waals surface area contributed by atoms with E-state index in [1.807, 2.05) is 77.6 Å². The molecule has 0 aliphatic carbocycles. The van der Waals surface area contributed by atoms with Gasteiger partial charge in [0.2, 0.25) is 5.91 Å². The highest BCUT2D eigenvalue weighted by molar-refractivity contribution is 5.78. The molecule has 1 unspecified atom stereocenters. The van der Waals surface area contributed by atoms with E-state index in [4.69, 9.17) is 0 Å². The molecule has 0 aliphatic rings. The van der Waals surface area contributed by atoms with Gasteiger partial charge in [-0.2, -0.15) is 5.10 Å². The maximum atomic E-state index is 12.6. The van der Waals surface area contributed by atoms with E-state index >= 15 is 0 Å². The Hall–Kier alpha value is -2.92. The van der Waals surface area contributed by atoms with Crippen LogP contribution < -0.4 is 5.32 Å². The standard InChI is InChI=1S/C23H28N4O/c1-18(2)23(20-10-6-4-7-11-20)25-22(28)17-26(3)15-19-14-24-27(16-19)21-12-8-5-9-13-21/h4-14,16,18,23H,15,17H2,1-3H3,(H,25,28). The van der Waals surface area contributed by atoms with Crippen LogP contribution in [0, 0.1) is 5.92 Å². The molecule has 0 fully saturated rings. The maximum Gasteiger partial charge on any atom is 0.234 e. The lowest BCUT2D eigenvalue weighted by atomic mass is 9.96. The van der Waals surface area contributed by atoms with Crippen molar-refractivity contribution in [1.29, 1.82) is 0 Å². The number of carbonyl (C=O) groups excluding carboxylic acids is 1. The zero-order valence-electron chi connectivity index (χ0n) is 16.7. The molecule has 5 nitrogen and oxygen atoms in total. The number of aromatic nitrogens is 2. The van der Waals surface area contributed by atoms with E-state index in [1.54, 1.807) is 0 Å². The lowest BCUT2D eigenvalue weighted by Crippen LogP contribution is -2.38. The van der Waals surface area contributed by atoms with Crippen LogP contribution in [0.4, 0.5) is 0 Å².